The van der Waals surface area contributed by atoms with E-state index in [1.807, 2.05) is 21.1 Å². The SMILES string of the molecule is C[N+](C)(C)CCCOP(=O)(O)Oc1ccc2c(c1)OCO2. The van der Waals surface area contributed by atoms with Crippen molar-refractivity contribution < 1.29 is 32.5 Å². The first-order valence-corrected chi connectivity index (χ1v) is 8.12. The van der Waals surface area contributed by atoms with Crippen molar-refractivity contribution in [3.8, 4) is 17.2 Å². The highest BCUT2D eigenvalue weighted by Gasteiger charge is 2.24. The van der Waals surface area contributed by atoms with Gasteiger partial charge in [0.25, 0.3) is 0 Å². The number of hydrogen-bond donors (Lipinski definition) is 1. The highest BCUT2D eigenvalue weighted by atomic mass is 31.2. The molecule has 0 bridgehead atoms. The van der Waals surface area contributed by atoms with E-state index in [1.165, 1.54) is 12.1 Å². The second kappa shape index (κ2) is 6.23. The van der Waals surface area contributed by atoms with E-state index in [-0.39, 0.29) is 19.1 Å². The lowest BCUT2D eigenvalue weighted by Gasteiger charge is -2.23. The monoisotopic (exact) mass is 318 g/mol. The van der Waals surface area contributed by atoms with E-state index in [1.54, 1.807) is 6.07 Å². The molecule has 21 heavy (non-hydrogen) atoms. The van der Waals surface area contributed by atoms with Gasteiger partial charge in [-0.1, -0.05) is 0 Å². The van der Waals surface area contributed by atoms with Gasteiger partial charge < -0.3 is 18.5 Å². The summed E-state index contributed by atoms with van der Waals surface area (Å²) in [6, 6.07) is 4.65. The normalized spacial score (nSPS) is 16.6. The van der Waals surface area contributed by atoms with E-state index in [9.17, 15) is 9.46 Å². The van der Waals surface area contributed by atoms with Crippen molar-refractivity contribution in [2.45, 2.75) is 6.42 Å². The van der Waals surface area contributed by atoms with Crippen molar-refractivity contribution in [1.29, 1.82) is 0 Å². The Hall–Kier alpha value is -1.27. The molecule has 0 amide bonds. The Labute approximate surface area is 124 Å². The first-order valence-electron chi connectivity index (χ1n) is 6.62. The number of phosphoric acid groups is 1. The number of fused-ring (bicyclic) bond motifs is 1. The Morgan fingerprint density at radius 2 is 2.00 bits per heavy atom. The van der Waals surface area contributed by atoms with Crippen LogP contribution in [0.1, 0.15) is 6.42 Å². The Morgan fingerprint density at radius 1 is 1.29 bits per heavy atom. The molecule has 2 rings (SSSR count). The van der Waals surface area contributed by atoms with Gasteiger partial charge in [0.2, 0.25) is 6.79 Å². The predicted octanol–water partition coefficient (Wildman–Crippen LogP) is 2.01. The van der Waals surface area contributed by atoms with Gasteiger partial charge in [0, 0.05) is 12.5 Å². The third kappa shape index (κ3) is 5.21. The van der Waals surface area contributed by atoms with Crippen LogP contribution >= 0.6 is 7.82 Å². The van der Waals surface area contributed by atoms with E-state index in [2.05, 4.69) is 0 Å². The second-order valence-electron chi connectivity index (χ2n) is 5.78. The van der Waals surface area contributed by atoms with Gasteiger partial charge in [-0.15, -0.1) is 0 Å². The summed E-state index contributed by atoms with van der Waals surface area (Å²) < 4.78 is 32.9. The van der Waals surface area contributed by atoms with Crippen molar-refractivity contribution in [2.75, 3.05) is 41.1 Å². The van der Waals surface area contributed by atoms with Crippen LogP contribution in [0, 0.1) is 0 Å². The molecule has 1 aromatic rings. The van der Waals surface area contributed by atoms with Crippen LogP contribution in [0.3, 0.4) is 0 Å². The number of benzene rings is 1. The molecular formula is C13H21NO6P+. The molecule has 0 aromatic heterocycles. The van der Waals surface area contributed by atoms with Gasteiger partial charge in [-0.3, -0.25) is 9.42 Å². The summed E-state index contributed by atoms with van der Waals surface area (Å²) in [7, 11) is 2.01. The fourth-order valence-electron chi connectivity index (χ4n) is 1.81. The lowest BCUT2D eigenvalue weighted by Crippen LogP contribution is -2.35. The van der Waals surface area contributed by atoms with Crippen LogP contribution in [-0.2, 0) is 9.09 Å². The zero-order valence-corrected chi connectivity index (χ0v) is 13.3. The third-order valence-electron chi connectivity index (χ3n) is 2.79. The average molecular weight is 318 g/mol. The Bertz CT molecular complexity index is 542. The van der Waals surface area contributed by atoms with E-state index in [0.29, 0.717) is 17.9 Å². The molecule has 0 saturated heterocycles. The summed E-state index contributed by atoms with van der Waals surface area (Å²) in [5.74, 6) is 1.27. The molecule has 1 aliphatic heterocycles. The second-order valence-corrected chi connectivity index (χ2v) is 7.15. The fraction of sp³-hybridized carbons (Fsp3) is 0.538. The van der Waals surface area contributed by atoms with Crippen LogP contribution in [-0.4, -0.2) is 50.5 Å². The lowest BCUT2D eigenvalue weighted by molar-refractivity contribution is -0.870. The molecule has 0 fully saturated rings. The molecule has 1 unspecified atom stereocenters. The van der Waals surface area contributed by atoms with Crippen molar-refractivity contribution in [2.24, 2.45) is 0 Å². The molecular weight excluding hydrogens is 297 g/mol. The van der Waals surface area contributed by atoms with Gasteiger partial charge >= 0.3 is 7.82 Å². The Kier molecular flexibility index (Phi) is 4.78. The molecule has 118 valence electrons. The summed E-state index contributed by atoms with van der Waals surface area (Å²) in [5.41, 5.74) is 0. The molecule has 0 saturated carbocycles. The smallest absolute Gasteiger partial charge is 0.454 e. The molecule has 1 N–H and O–H groups in total. The predicted molar refractivity (Wildman–Crippen MR) is 76.5 cm³/mol. The van der Waals surface area contributed by atoms with Gasteiger partial charge in [-0.25, -0.2) is 4.57 Å². The number of hydrogen-bond acceptors (Lipinski definition) is 5. The lowest BCUT2D eigenvalue weighted by atomic mass is 10.3. The largest absolute Gasteiger partial charge is 0.527 e. The van der Waals surface area contributed by atoms with Crippen molar-refractivity contribution in [3.63, 3.8) is 0 Å². The minimum atomic E-state index is -4.12. The minimum Gasteiger partial charge on any atom is -0.454 e. The standard InChI is InChI=1S/C13H20NO6P/c1-14(2,3)7-4-8-19-21(15,16)20-11-5-6-12-13(9-11)18-10-17-12/h5-6,9H,4,7-8,10H2,1-3H3/p+1. The molecule has 1 atom stereocenters. The molecule has 0 aliphatic carbocycles. The summed E-state index contributed by atoms with van der Waals surface area (Å²) in [5, 5.41) is 0. The maximum Gasteiger partial charge on any atom is 0.527 e. The molecule has 0 spiro atoms. The molecule has 7 nitrogen and oxygen atoms in total. The first-order chi connectivity index (χ1) is 9.75. The van der Waals surface area contributed by atoms with E-state index in [4.69, 9.17) is 18.5 Å². The minimum absolute atomic E-state index is 0.136. The molecule has 8 heteroatoms. The van der Waals surface area contributed by atoms with Crippen LogP contribution < -0.4 is 14.0 Å². The highest BCUT2D eigenvalue weighted by Crippen LogP contribution is 2.46. The van der Waals surface area contributed by atoms with Crippen LogP contribution in [0.2, 0.25) is 0 Å². The molecule has 1 aliphatic rings. The van der Waals surface area contributed by atoms with E-state index >= 15 is 0 Å². The number of phosphoric ester groups is 1. The maximum atomic E-state index is 11.8. The topological polar surface area (TPSA) is 74.2 Å². The highest BCUT2D eigenvalue weighted by molar-refractivity contribution is 7.47. The van der Waals surface area contributed by atoms with Gasteiger partial charge in [0.1, 0.15) is 5.75 Å². The molecule has 0 radical (unpaired) electrons. The summed E-state index contributed by atoms with van der Waals surface area (Å²) in [4.78, 5) is 9.68. The van der Waals surface area contributed by atoms with Crippen LogP contribution in [0.4, 0.5) is 0 Å². The van der Waals surface area contributed by atoms with Gasteiger partial charge in [-0.05, 0) is 12.1 Å². The number of ether oxygens (including phenoxy) is 2. The van der Waals surface area contributed by atoms with Crippen molar-refractivity contribution >= 4 is 7.82 Å². The Morgan fingerprint density at radius 3 is 2.71 bits per heavy atom. The average Bonchev–Trinajstić information content (AvgIpc) is 2.80. The fourth-order valence-corrected chi connectivity index (χ4v) is 2.60. The zero-order chi connectivity index (χ0) is 15.5. The van der Waals surface area contributed by atoms with Gasteiger partial charge in [-0.2, -0.15) is 0 Å². The van der Waals surface area contributed by atoms with Crippen LogP contribution in [0.15, 0.2) is 18.2 Å². The first kappa shape index (κ1) is 16.1. The van der Waals surface area contributed by atoms with Crippen LogP contribution in [0.5, 0.6) is 17.2 Å². The van der Waals surface area contributed by atoms with E-state index in [0.717, 1.165) is 11.0 Å². The molecule has 1 heterocycles. The van der Waals surface area contributed by atoms with E-state index < -0.39 is 7.82 Å². The number of rotatable bonds is 7. The maximum absolute atomic E-state index is 11.8. The number of quaternary nitrogens is 1. The summed E-state index contributed by atoms with van der Waals surface area (Å²) in [6.07, 6.45) is 0.665. The van der Waals surface area contributed by atoms with Crippen molar-refractivity contribution in [3.05, 3.63) is 18.2 Å². The quantitative estimate of drug-likeness (QED) is 0.471. The summed E-state index contributed by atoms with van der Waals surface area (Å²) in [6.45, 7) is 1.13. The third-order valence-corrected chi connectivity index (χ3v) is 3.74. The van der Waals surface area contributed by atoms with Crippen molar-refractivity contribution in [1.82, 2.24) is 0 Å². The van der Waals surface area contributed by atoms with Crippen LogP contribution in [0.25, 0.3) is 0 Å². The van der Waals surface area contributed by atoms with Gasteiger partial charge in [0.05, 0.1) is 34.3 Å². The summed E-state index contributed by atoms with van der Waals surface area (Å²) >= 11 is 0. The number of nitrogens with zero attached hydrogens (tertiary/aromatic N) is 1. The van der Waals surface area contributed by atoms with Gasteiger partial charge in [0.15, 0.2) is 11.5 Å². The molecule has 1 aromatic carbocycles. The Balaban J connectivity index is 1.84. The zero-order valence-electron chi connectivity index (χ0n) is 12.4.